The van der Waals surface area contributed by atoms with Crippen LogP contribution in [0.25, 0.3) is 0 Å². The van der Waals surface area contributed by atoms with Crippen molar-refractivity contribution in [3.05, 3.63) is 59.8 Å². The van der Waals surface area contributed by atoms with Crippen molar-refractivity contribution in [2.75, 3.05) is 45.9 Å². The number of amides is 2. The molecule has 2 aliphatic heterocycles. The van der Waals surface area contributed by atoms with Crippen molar-refractivity contribution in [2.24, 2.45) is 0 Å². The van der Waals surface area contributed by atoms with Gasteiger partial charge >= 0.3 is 12.0 Å². The van der Waals surface area contributed by atoms with Crippen molar-refractivity contribution in [1.82, 2.24) is 20.4 Å². The Labute approximate surface area is 172 Å². The molecule has 0 radical (unpaired) electrons. The van der Waals surface area contributed by atoms with E-state index in [4.69, 9.17) is 4.74 Å². The molecule has 0 aromatic heterocycles. The van der Waals surface area contributed by atoms with Gasteiger partial charge in [0.05, 0.1) is 18.2 Å². The van der Waals surface area contributed by atoms with Crippen LogP contribution in [-0.2, 0) is 9.53 Å². The predicted octanol–water partition coefficient (Wildman–Crippen LogP) is 2.05. The molecule has 0 aliphatic carbocycles. The SMILES string of the molecule is C=CCN1C(=O)NC(c2ccccc2)C(C(=O)OCC)=C1CN1CCCNCC1. The Morgan fingerprint density at radius 3 is 2.79 bits per heavy atom. The predicted molar refractivity (Wildman–Crippen MR) is 112 cm³/mol. The summed E-state index contributed by atoms with van der Waals surface area (Å²) in [5, 5.41) is 6.38. The Morgan fingerprint density at radius 2 is 2.07 bits per heavy atom. The first-order valence-corrected chi connectivity index (χ1v) is 10.2. The Balaban J connectivity index is 2.07. The summed E-state index contributed by atoms with van der Waals surface area (Å²) in [5.74, 6) is -0.390. The van der Waals surface area contributed by atoms with Crippen LogP contribution in [0.4, 0.5) is 4.79 Å². The lowest BCUT2D eigenvalue weighted by Crippen LogP contribution is -2.51. The van der Waals surface area contributed by atoms with Crippen LogP contribution in [0.3, 0.4) is 0 Å². The summed E-state index contributed by atoms with van der Waals surface area (Å²) in [6, 6.07) is 8.79. The zero-order valence-electron chi connectivity index (χ0n) is 17.0. The van der Waals surface area contributed by atoms with Crippen LogP contribution in [0.1, 0.15) is 24.9 Å². The van der Waals surface area contributed by atoms with Gasteiger partial charge in [0.2, 0.25) is 0 Å². The zero-order valence-corrected chi connectivity index (χ0v) is 17.0. The number of nitrogens with zero attached hydrogens (tertiary/aromatic N) is 2. The standard InChI is InChI=1S/C22H30N4O3/c1-3-13-26-18(16-25-14-8-11-23-12-15-25)19(21(27)29-4-2)20(24-22(26)28)17-9-6-5-7-10-17/h3,5-7,9-10,20,23H,1,4,8,11-16H2,2H3,(H,24,28). The molecule has 156 valence electrons. The number of rotatable bonds is 7. The fourth-order valence-electron chi connectivity index (χ4n) is 3.81. The zero-order chi connectivity index (χ0) is 20.6. The van der Waals surface area contributed by atoms with Crippen molar-refractivity contribution in [2.45, 2.75) is 19.4 Å². The average molecular weight is 399 g/mol. The van der Waals surface area contributed by atoms with Gasteiger partial charge in [0.1, 0.15) is 0 Å². The number of carbonyl (C=O) groups is 2. The first-order valence-electron chi connectivity index (χ1n) is 10.2. The van der Waals surface area contributed by atoms with E-state index in [9.17, 15) is 9.59 Å². The first-order chi connectivity index (χ1) is 14.2. The van der Waals surface area contributed by atoms with Gasteiger partial charge in [-0.25, -0.2) is 9.59 Å². The van der Waals surface area contributed by atoms with Crippen molar-refractivity contribution in [3.8, 4) is 0 Å². The maximum absolute atomic E-state index is 13.0. The Kier molecular flexibility index (Phi) is 7.43. The van der Waals surface area contributed by atoms with E-state index < -0.39 is 12.0 Å². The molecule has 1 unspecified atom stereocenters. The van der Waals surface area contributed by atoms with E-state index in [-0.39, 0.29) is 12.6 Å². The number of carbonyl (C=O) groups excluding carboxylic acids is 2. The number of esters is 1. The van der Waals surface area contributed by atoms with Gasteiger partial charge in [0.25, 0.3) is 0 Å². The quantitative estimate of drug-likeness (QED) is 0.543. The molecular weight excluding hydrogens is 368 g/mol. The fraction of sp³-hybridized carbons (Fsp3) is 0.455. The molecule has 2 aliphatic rings. The second-order valence-electron chi connectivity index (χ2n) is 7.15. The molecule has 3 rings (SSSR count). The third-order valence-electron chi connectivity index (χ3n) is 5.18. The van der Waals surface area contributed by atoms with Gasteiger partial charge < -0.3 is 15.4 Å². The molecule has 0 saturated carbocycles. The number of benzene rings is 1. The van der Waals surface area contributed by atoms with Crippen LogP contribution in [0, 0.1) is 0 Å². The summed E-state index contributed by atoms with van der Waals surface area (Å²) >= 11 is 0. The smallest absolute Gasteiger partial charge is 0.338 e. The van der Waals surface area contributed by atoms with E-state index in [1.165, 1.54) is 0 Å². The molecule has 2 N–H and O–H groups in total. The van der Waals surface area contributed by atoms with Gasteiger partial charge in [-0.15, -0.1) is 6.58 Å². The van der Waals surface area contributed by atoms with Crippen LogP contribution in [0.2, 0.25) is 0 Å². The molecule has 1 fully saturated rings. The summed E-state index contributed by atoms with van der Waals surface area (Å²) in [7, 11) is 0. The van der Waals surface area contributed by atoms with E-state index in [1.54, 1.807) is 17.9 Å². The van der Waals surface area contributed by atoms with Crippen LogP contribution in [0.5, 0.6) is 0 Å². The summed E-state index contributed by atoms with van der Waals surface area (Å²) in [6.45, 7) is 10.3. The Hall–Kier alpha value is -2.64. The highest BCUT2D eigenvalue weighted by atomic mass is 16.5. The number of hydrogen-bond donors (Lipinski definition) is 2. The molecule has 2 amide bonds. The molecule has 0 bridgehead atoms. The molecule has 29 heavy (non-hydrogen) atoms. The van der Waals surface area contributed by atoms with E-state index >= 15 is 0 Å². The van der Waals surface area contributed by atoms with Gasteiger partial charge in [-0.1, -0.05) is 36.4 Å². The molecule has 2 heterocycles. The van der Waals surface area contributed by atoms with Crippen LogP contribution in [-0.4, -0.2) is 67.7 Å². The summed E-state index contributed by atoms with van der Waals surface area (Å²) in [6.07, 6.45) is 2.70. The van der Waals surface area contributed by atoms with Gasteiger partial charge in [-0.3, -0.25) is 9.80 Å². The molecule has 1 aromatic rings. The van der Waals surface area contributed by atoms with Crippen LogP contribution < -0.4 is 10.6 Å². The minimum Gasteiger partial charge on any atom is -0.463 e. The van der Waals surface area contributed by atoms with Crippen molar-refractivity contribution in [1.29, 1.82) is 0 Å². The maximum atomic E-state index is 13.0. The normalized spacial score (nSPS) is 20.8. The molecule has 1 saturated heterocycles. The third kappa shape index (κ3) is 5.05. The van der Waals surface area contributed by atoms with Crippen LogP contribution >= 0.6 is 0 Å². The lowest BCUT2D eigenvalue weighted by atomic mass is 9.94. The van der Waals surface area contributed by atoms with E-state index in [0.29, 0.717) is 24.4 Å². The largest absolute Gasteiger partial charge is 0.463 e. The highest BCUT2D eigenvalue weighted by Crippen LogP contribution is 2.32. The highest BCUT2D eigenvalue weighted by molar-refractivity contribution is 5.95. The molecule has 7 heteroatoms. The van der Waals surface area contributed by atoms with Crippen molar-refractivity contribution < 1.29 is 14.3 Å². The number of ether oxygens (including phenoxy) is 1. The minimum absolute atomic E-state index is 0.227. The summed E-state index contributed by atoms with van der Waals surface area (Å²) in [4.78, 5) is 29.9. The van der Waals surface area contributed by atoms with E-state index in [2.05, 4.69) is 22.1 Å². The van der Waals surface area contributed by atoms with Gasteiger partial charge in [-0.05, 0) is 32.0 Å². The maximum Gasteiger partial charge on any atom is 0.338 e. The highest BCUT2D eigenvalue weighted by Gasteiger charge is 2.38. The second kappa shape index (κ2) is 10.2. The first kappa shape index (κ1) is 21.1. The fourth-order valence-corrected chi connectivity index (χ4v) is 3.81. The van der Waals surface area contributed by atoms with Gasteiger partial charge in [0, 0.05) is 31.9 Å². The third-order valence-corrected chi connectivity index (χ3v) is 5.18. The Morgan fingerprint density at radius 1 is 1.28 bits per heavy atom. The lowest BCUT2D eigenvalue weighted by molar-refractivity contribution is -0.139. The minimum atomic E-state index is -0.538. The van der Waals surface area contributed by atoms with Gasteiger partial charge in [-0.2, -0.15) is 0 Å². The average Bonchev–Trinajstić information content (AvgIpc) is 3.00. The second-order valence-corrected chi connectivity index (χ2v) is 7.15. The number of nitrogens with one attached hydrogen (secondary N) is 2. The monoisotopic (exact) mass is 398 g/mol. The molecule has 0 spiro atoms. The molecule has 7 nitrogen and oxygen atoms in total. The number of hydrogen-bond acceptors (Lipinski definition) is 5. The molecule has 1 aromatic carbocycles. The topological polar surface area (TPSA) is 73.9 Å². The van der Waals surface area contributed by atoms with E-state index in [1.807, 2.05) is 30.3 Å². The van der Waals surface area contributed by atoms with Crippen molar-refractivity contribution in [3.63, 3.8) is 0 Å². The summed E-state index contributed by atoms with van der Waals surface area (Å²) < 4.78 is 5.41. The molecule has 1 atom stereocenters. The summed E-state index contributed by atoms with van der Waals surface area (Å²) in [5.41, 5.74) is 2.05. The van der Waals surface area contributed by atoms with Gasteiger partial charge in [0.15, 0.2) is 0 Å². The number of urea groups is 1. The molecular formula is C22H30N4O3. The van der Waals surface area contributed by atoms with Crippen molar-refractivity contribution >= 4 is 12.0 Å². The van der Waals surface area contributed by atoms with E-state index in [0.717, 1.165) is 38.2 Å². The Bertz CT molecular complexity index is 755. The lowest BCUT2D eigenvalue weighted by Gasteiger charge is -2.38. The van der Waals surface area contributed by atoms with Crippen LogP contribution in [0.15, 0.2) is 54.3 Å².